The minimum absolute atomic E-state index is 1.19. The lowest BCUT2D eigenvalue weighted by Gasteiger charge is -2.02. The van der Waals surface area contributed by atoms with Crippen molar-refractivity contribution in [3.05, 3.63) is 17.7 Å². The van der Waals surface area contributed by atoms with Crippen LogP contribution in [0.1, 0.15) is 57.0 Å². The minimum Gasteiger partial charge on any atom is -0.237 e. The molecule has 0 unspecified atom stereocenters. The summed E-state index contributed by atoms with van der Waals surface area (Å²) in [6.45, 7) is 7.85. The average Bonchev–Trinajstić information content (AvgIpc) is 2.49. The summed E-state index contributed by atoms with van der Waals surface area (Å²) in [5.41, 5.74) is 1.38. The van der Waals surface area contributed by atoms with E-state index in [9.17, 15) is 0 Å². The van der Waals surface area contributed by atoms with Gasteiger partial charge in [0, 0.05) is 13.8 Å². The molecule has 16 heavy (non-hydrogen) atoms. The second-order valence-corrected chi connectivity index (χ2v) is 4.85. The average molecular weight is 223 g/mol. The lowest BCUT2D eigenvalue weighted by atomic mass is 10.1. The van der Waals surface area contributed by atoms with Gasteiger partial charge < -0.3 is 0 Å². The van der Waals surface area contributed by atoms with Gasteiger partial charge in [-0.1, -0.05) is 32.6 Å². The lowest BCUT2D eigenvalue weighted by molar-refractivity contribution is -0.677. The Hall–Kier alpha value is -0.790. The molecule has 0 N–H and O–H groups in total. The predicted octanol–water partition coefficient (Wildman–Crippen LogP) is 3.29. The molecule has 0 saturated carbocycles. The number of aromatic nitrogens is 2. The van der Waals surface area contributed by atoms with Gasteiger partial charge in [-0.25, -0.2) is 9.13 Å². The molecule has 0 aliphatic carbocycles. The molecule has 92 valence electrons. The normalized spacial score (nSPS) is 11.0. The molecule has 0 aromatic carbocycles. The molecule has 0 spiro atoms. The fourth-order valence-corrected chi connectivity index (χ4v) is 2.28. The summed E-state index contributed by atoms with van der Waals surface area (Å²) in [4.78, 5) is 0. The molecular formula is C14H27N2+. The molecule has 0 bridgehead atoms. The van der Waals surface area contributed by atoms with Crippen LogP contribution in [0.4, 0.5) is 0 Å². The van der Waals surface area contributed by atoms with Gasteiger partial charge in [0.05, 0.1) is 13.6 Å². The van der Waals surface area contributed by atoms with Crippen LogP contribution in [-0.4, -0.2) is 4.57 Å². The van der Waals surface area contributed by atoms with Crippen molar-refractivity contribution in [2.45, 2.75) is 65.8 Å². The SMILES string of the molecule is CCCCCCCCn1c(C)c[n+](C)c1C. The van der Waals surface area contributed by atoms with Gasteiger partial charge >= 0.3 is 0 Å². The van der Waals surface area contributed by atoms with Crippen LogP contribution in [-0.2, 0) is 13.6 Å². The third-order valence-electron chi connectivity index (χ3n) is 3.44. The van der Waals surface area contributed by atoms with Crippen LogP contribution < -0.4 is 4.57 Å². The largest absolute Gasteiger partial charge is 0.253 e. The number of nitrogens with zero attached hydrogens (tertiary/aromatic N) is 2. The minimum atomic E-state index is 1.19. The second-order valence-electron chi connectivity index (χ2n) is 4.85. The Morgan fingerprint density at radius 3 is 2.25 bits per heavy atom. The summed E-state index contributed by atoms with van der Waals surface area (Å²) in [5.74, 6) is 1.37. The summed E-state index contributed by atoms with van der Waals surface area (Å²) < 4.78 is 4.65. The highest BCUT2D eigenvalue weighted by molar-refractivity contribution is 4.94. The van der Waals surface area contributed by atoms with Crippen molar-refractivity contribution in [2.24, 2.45) is 7.05 Å². The molecule has 0 aliphatic heterocycles. The summed E-state index contributed by atoms with van der Waals surface area (Å²) >= 11 is 0. The van der Waals surface area contributed by atoms with Crippen LogP contribution in [0, 0.1) is 13.8 Å². The molecule has 1 aromatic rings. The fourth-order valence-electron chi connectivity index (χ4n) is 2.28. The Kier molecular flexibility index (Phi) is 5.58. The van der Waals surface area contributed by atoms with Gasteiger partial charge in [0.1, 0.15) is 11.9 Å². The van der Waals surface area contributed by atoms with E-state index in [1.807, 2.05) is 0 Å². The Morgan fingerprint density at radius 2 is 1.69 bits per heavy atom. The topological polar surface area (TPSA) is 8.81 Å². The van der Waals surface area contributed by atoms with E-state index < -0.39 is 0 Å². The number of unbranched alkanes of at least 4 members (excludes halogenated alkanes) is 5. The summed E-state index contributed by atoms with van der Waals surface area (Å²) in [7, 11) is 2.13. The summed E-state index contributed by atoms with van der Waals surface area (Å²) in [6.07, 6.45) is 10.5. The van der Waals surface area contributed by atoms with Gasteiger partial charge in [-0.2, -0.15) is 0 Å². The van der Waals surface area contributed by atoms with Gasteiger partial charge in [0.15, 0.2) is 0 Å². The Morgan fingerprint density at radius 1 is 1.06 bits per heavy atom. The quantitative estimate of drug-likeness (QED) is 0.495. The molecule has 2 heteroatoms. The summed E-state index contributed by atoms with van der Waals surface area (Å²) in [5, 5.41) is 0. The maximum absolute atomic E-state index is 2.43. The van der Waals surface area contributed by atoms with Crippen molar-refractivity contribution in [3.63, 3.8) is 0 Å². The second kappa shape index (κ2) is 6.72. The van der Waals surface area contributed by atoms with Gasteiger partial charge in [-0.05, 0) is 12.8 Å². The number of imidazole rings is 1. The number of hydrogen-bond acceptors (Lipinski definition) is 0. The smallest absolute Gasteiger partial charge is 0.237 e. The first kappa shape index (κ1) is 13.3. The highest BCUT2D eigenvalue weighted by Crippen LogP contribution is 2.08. The monoisotopic (exact) mass is 223 g/mol. The Balaban J connectivity index is 2.26. The van der Waals surface area contributed by atoms with Gasteiger partial charge in [-0.3, -0.25) is 0 Å². The molecular weight excluding hydrogens is 196 g/mol. The number of hydrogen-bond donors (Lipinski definition) is 0. The number of rotatable bonds is 7. The molecule has 0 saturated heterocycles. The molecule has 1 rings (SSSR count). The van der Waals surface area contributed by atoms with E-state index in [1.54, 1.807) is 0 Å². The molecule has 0 amide bonds. The van der Waals surface area contributed by atoms with Crippen LogP contribution in [0.5, 0.6) is 0 Å². The lowest BCUT2D eigenvalue weighted by Crippen LogP contribution is -2.29. The first-order valence-electron chi connectivity index (χ1n) is 6.69. The third kappa shape index (κ3) is 3.66. The molecule has 2 nitrogen and oxygen atoms in total. The van der Waals surface area contributed by atoms with Crippen molar-refractivity contribution in [3.8, 4) is 0 Å². The zero-order valence-corrected chi connectivity index (χ0v) is 11.4. The van der Waals surface area contributed by atoms with E-state index in [2.05, 4.69) is 43.1 Å². The van der Waals surface area contributed by atoms with E-state index in [1.165, 1.54) is 56.6 Å². The molecule has 0 aliphatic rings. The standard InChI is InChI=1S/C14H27N2/c1-5-6-7-8-9-10-11-16-13(2)12-15(4)14(16)3/h12H,5-11H2,1-4H3/q+1. The van der Waals surface area contributed by atoms with Crippen molar-refractivity contribution in [2.75, 3.05) is 0 Å². The van der Waals surface area contributed by atoms with Gasteiger partial charge in [-0.15, -0.1) is 0 Å². The fraction of sp³-hybridized carbons (Fsp3) is 0.786. The zero-order valence-electron chi connectivity index (χ0n) is 11.4. The Bertz CT molecular complexity index is 313. The van der Waals surface area contributed by atoms with Gasteiger partial charge in [0.25, 0.3) is 5.82 Å². The van der Waals surface area contributed by atoms with Crippen LogP contribution in [0.3, 0.4) is 0 Å². The van der Waals surface area contributed by atoms with Crippen LogP contribution in [0.25, 0.3) is 0 Å². The highest BCUT2D eigenvalue weighted by atomic mass is 15.1. The molecule has 1 heterocycles. The summed E-state index contributed by atoms with van der Waals surface area (Å²) in [6, 6.07) is 0. The van der Waals surface area contributed by atoms with Crippen LogP contribution >= 0.6 is 0 Å². The van der Waals surface area contributed by atoms with E-state index in [0.29, 0.717) is 0 Å². The molecule has 1 aromatic heterocycles. The van der Waals surface area contributed by atoms with Crippen molar-refractivity contribution in [1.29, 1.82) is 0 Å². The first-order valence-corrected chi connectivity index (χ1v) is 6.69. The van der Waals surface area contributed by atoms with E-state index in [-0.39, 0.29) is 0 Å². The van der Waals surface area contributed by atoms with E-state index >= 15 is 0 Å². The van der Waals surface area contributed by atoms with Crippen LogP contribution in [0.2, 0.25) is 0 Å². The molecule has 0 radical (unpaired) electrons. The zero-order chi connectivity index (χ0) is 12.0. The Labute approximate surface area is 100 Å². The highest BCUT2D eigenvalue weighted by Gasteiger charge is 2.12. The first-order chi connectivity index (χ1) is 7.66. The molecule has 0 atom stereocenters. The predicted molar refractivity (Wildman–Crippen MR) is 68.5 cm³/mol. The van der Waals surface area contributed by atoms with Crippen molar-refractivity contribution < 1.29 is 4.57 Å². The van der Waals surface area contributed by atoms with Gasteiger partial charge in [0.2, 0.25) is 0 Å². The maximum atomic E-state index is 2.43. The number of aryl methyl sites for hydroxylation is 2. The maximum Gasteiger partial charge on any atom is 0.253 e. The van der Waals surface area contributed by atoms with Crippen molar-refractivity contribution in [1.82, 2.24) is 4.57 Å². The van der Waals surface area contributed by atoms with Crippen LogP contribution in [0.15, 0.2) is 6.20 Å². The van der Waals surface area contributed by atoms with Crippen molar-refractivity contribution >= 4 is 0 Å². The third-order valence-corrected chi connectivity index (χ3v) is 3.44. The van der Waals surface area contributed by atoms with E-state index in [0.717, 1.165) is 0 Å². The molecule has 0 fully saturated rings. The van der Waals surface area contributed by atoms with E-state index in [4.69, 9.17) is 0 Å².